The molecular formula is C12H17ClN2O2. The monoisotopic (exact) mass is 256 g/mol. The van der Waals surface area contributed by atoms with Gasteiger partial charge in [0.25, 0.3) is 0 Å². The van der Waals surface area contributed by atoms with E-state index in [0.717, 1.165) is 10.6 Å². The second-order valence-electron chi connectivity index (χ2n) is 4.73. The first kappa shape index (κ1) is 13.8. The van der Waals surface area contributed by atoms with Gasteiger partial charge in [-0.05, 0) is 38.5 Å². The van der Waals surface area contributed by atoms with Crippen LogP contribution >= 0.6 is 11.6 Å². The molecule has 0 spiro atoms. The SMILES string of the molecule is CC(C)(C)OC(=O)N(N)Cc1ccc(Cl)cc1. The van der Waals surface area contributed by atoms with E-state index in [9.17, 15) is 4.79 Å². The summed E-state index contributed by atoms with van der Waals surface area (Å²) >= 11 is 5.76. The van der Waals surface area contributed by atoms with Crippen molar-refractivity contribution in [3.63, 3.8) is 0 Å². The Labute approximate surface area is 106 Å². The number of amides is 1. The third-order valence-corrected chi connectivity index (χ3v) is 2.15. The summed E-state index contributed by atoms with van der Waals surface area (Å²) in [5.74, 6) is 5.62. The minimum absolute atomic E-state index is 0.284. The molecule has 0 atom stereocenters. The summed E-state index contributed by atoms with van der Waals surface area (Å²) in [5.41, 5.74) is 0.345. The van der Waals surface area contributed by atoms with Gasteiger partial charge in [-0.1, -0.05) is 23.7 Å². The van der Waals surface area contributed by atoms with E-state index in [1.165, 1.54) is 0 Å². The number of benzene rings is 1. The van der Waals surface area contributed by atoms with Crippen molar-refractivity contribution in [1.29, 1.82) is 0 Å². The number of carbonyl (C=O) groups excluding carboxylic acids is 1. The second kappa shape index (κ2) is 5.38. The Kier molecular flexibility index (Phi) is 4.37. The predicted molar refractivity (Wildman–Crippen MR) is 67.4 cm³/mol. The topological polar surface area (TPSA) is 55.6 Å². The molecule has 0 fully saturated rings. The molecule has 0 aliphatic carbocycles. The van der Waals surface area contributed by atoms with Gasteiger partial charge >= 0.3 is 6.09 Å². The van der Waals surface area contributed by atoms with Gasteiger partial charge in [-0.15, -0.1) is 0 Å². The maximum absolute atomic E-state index is 11.6. The lowest BCUT2D eigenvalue weighted by Crippen LogP contribution is -2.40. The lowest BCUT2D eigenvalue weighted by Gasteiger charge is -2.24. The van der Waals surface area contributed by atoms with Crippen LogP contribution in [0.4, 0.5) is 4.79 Å². The first-order chi connectivity index (χ1) is 7.78. The maximum Gasteiger partial charge on any atom is 0.424 e. The van der Waals surface area contributed by atoms with Gasteiger partial charge in [0.2, 0.25) is 0 Å². The number of hydrogen-bond acceptors (Lipinski definition) is 3. The molecular weight excluding hydrogens is 240 g/mol. The molecule has 0 saturated carbocycles. The molecule has 94 valence electrons. The number of hydrogen-bond donors (Lipinski definition) is 1. The summed E-state index contributed by atoms with van der Waals surface area (Å²) in [6.45, 7) is 5.66. The van der Waals surface area contributed by atoms with Crippen molar-refractivity contribution in [1.82, 2.24) is 5.01 Å². The standard InChI is InChI=1S/C12H17ClN2O2/c1-12(2,3)17-11(16)15(14)8-9-4-6-10(13)7-5-9/h4-7H,8,14H2,1-3H3. The molecule has 2 N–H and O–H groups in total. The van der Waals surface area contributed by atoms with Crippen LogP contribution in [-0.2, 0) is 11.3 Å². The van der Waals surface area contributed by atoms with Crippen molar-refractivity contribution < 1.29 is 9.53 Å². The molecule has 0 aliphatic heterocycles. The summed E-state index contributed by atoms with van der Waals surface area (Å²) < 4.78 is 5.13. The highest BCUT2D eigenvalue weighted by Crippen LogP contribution is 2.12. The van der Waals surface area contributed by atoms with E-state index >= 15 is 0 Å². The predicted octanol–water partition coefficient (Wildman–Crippen LogP) is 2.95. The zero-order chi connectivity index (χ0) is 13.1. The highest BCUT2D eigenvalue weighted by Gasteiger charge is 2.20. The van der Waals surface area contributed by atoms with Crippen molar-refractivity contribution in [3.8, 4) is 0 Å². The van der Waals surface area contributed by atoms with Crippen molar-refractivity contribution in [2.45, 2.75) is 32.9 Å². The largest absolute Gasteiger partial charge is 0.443 e. The maximum atomic E-state index is 11.6. The van der Waals surface area contributed by atoms with Crippen LogP contribution in [0.2, 0.25) is 5.02 Å². The summed E-state index contributed by atoms with van der Waals surface area (Å²) in [6.07, 6.45) is -0.549. The average Bonchev–Trinajstić information content (AvgIpc) is 2.19. The number of carbonyl (C=O) groups is 1. The van der Waals surface area contributed by atoms with Gasteiger partial charge in [-0.3, -0.25) is 0 Å². The van der Waals surface area contributed by atoms with E-state index < -0.39 is 11.7 Å². The molecule has 1 rings (SSSR count). The Balaban J connectivity index is 2.57. The number of halogens is 1. The summed E-state index contributed by atoms with van der Waals surface area (Å²) in [7, 11) is 0. The highest BCUT2D eigenvalue weighted by atomic mass is 35.5. The molecule has 1 amide bonds. The lowest BCUT2D eigenvalue weighted by molar-refractivity contribution is 0.0231. The molecule has 0 heterocycles. The van der Waals surface area contributed by atoms with Crippen LogP contribution in [0.15, 0.2) is 24.3 Å². The van der Waals surface area contributed by atoms with Gasteiger partial charge in [0.1, 0.15) is 5.60 Å². The number of hydrazine groups is 1. The highest BCUT2D eigenvalue weighted by molar-refractivity contribution is 6.30. The second-order valence-corrected chi connectivity index (χ2v) is 5.17. The third-order valence-electron chi connectivity index (χ3n) is 1.89. The van der Waals surface area contributed by atoms with Crippen molar-refractivity contribution >= 4 is 17.7 Å². The van der Waals surface area contributed by atoms with Crippen LogP contribution in [0.5, 0.6) is 0 Å². The summed E-state index contributed by atoms with van der Waals surface area (Å²) in [5, 5.41) is 1.68. The minimum atomic E-state index is -0.549. The van der Waals surface area contributed by atoms with Gasteiger partial charge in [0, 0.05) is 5.02 Å². The van der Waals surface area contributed by atoms with E-state index in [4.69, 9.17) is 22.2 Å². The molecule has 5 heteroatoms. The quantitative estimate of drug-likeness (QED) is 0.503. The number of nitrogens with zero attached hydrogens (tertiary/aromatic N) is 1. The normalized spacial score (nSPS) is 11.1. The fourth-order valence-corrected chi connectivity index (χ4v) is 1.30. The molecule has 0 unspecified atom stereocenters. The van der Waals surface area contributed by atoms with E-state index in [1.54, 1.807) is 32.9 Å². The van der Waals surface area contributed by atoms with Crippen LogP contribution in [0, 0.1) is 0 Å². The van der Waals surface area contributed by atoms with Crippen molar-refractivity contribution in [2.75, 3.05) is 0 Å². The average molecular weight is 257 g/mol. The van der Waals surface area contributed by atoms with E-state index in [0.29, 0.717) is 5.02 Å². The van der Waals surface area contributed by atoms with Gasteiger partial charge in [0.15, 0.2) is 0 Å². The first-order valence-electron chi connectivity index (χ1n) is 5.27. The Morgan fingerprint density at radius 1 is 1.35 bits per heavy atom. The number of ether oxygens (including phenoxy) is 1. The molecule has 4 nitrogen and oxygen atoms in total. The Bertz CT molecular complexity index is 384. The molecule has 17 heavy (non-hydrogen) atoms. The van der Waals surface area contributed by atoms with Gasteiger partial charge in [-0.2, -0.15) is 0 Å². The lowest BCUT2D eigenvalue weighted by atomic mass is 10.2. The Morgan fingerprint density at radius 3 is 2.35 bits per heavy atom. The van der Waals surface area contributed by atoms with Gasteiger partial charge < -0.3 is 4.74 Å². The Hall–Kier alpha value is -1.26. The molecule has 0 saturated heterocycles. The van der Waals surface area contributed by atoms with Crippen LogP contribution < -0.4 is 5.84 Å². The molecule has 1 aromatic rings. The molecule has 0 radical (unpaired) electrons. The molecule has 0 aromatic heterocycles. The Morgan fingerprint density at radius 2 is 1.88 bits per heavy atom. The number of nitrogens with two attached hydrogens (primary N) is 1. The molecule has 1 aromatic carbocycles. The summed E-state index contributed by atoms with van der Waals surface area (Å²) in [6, 6.07) is 7.12. The van der Waals surface area contributed by atoms with E-state index in [2.05, 4.69) is 0 Å². The van der Waals surface area contributed by atoms with E-state index in [1.807, 2.05) is 12.1 Å². The van der Waals surface area contributed by atoms with Crippen molar-refractivity contribution in [3.05, 3.63) is 34.9 Å². The summed E-state index contributed by atoms with van der Waals surface area (Å²) in [4.78, 5) is 11.6. The zero-order valence-corrected chi connectivity index (χ0v) is 11.0. The smallest absolute Gasteiger partial charge is 0.424 e. The van der Waals surface area contributed by atoms with Crippen LogP contribution in [-0.4, -0.2) is 16.7 Å². The third kappa shape index (κ3) is 5.06. The fourth-order valence-electron chi connectivity index (χ4n) is 1.17. The van der Waals surface area contributed by atoms with E-state index in [-0.39, 0.29) is 6.54 Å². The van der Waals surface area contributed by atoms with Crippen LogP contribution in [0.25, 0.3) is 0 Å². The van der Waals surface area contributed by atoms with Crippen molar-refractivity contribution in [2.24, 2.45) is 5.84 Å². The van der Waals surface area contributed by atoms with Gasteiger partial charge in [-0.25, -0.2) is 15.6 Å². The first-order valence-corrected chi connectivity index (χ1v) is 5.65. The van der Waals surface area contributed by atoms with Crippen LogP contribution in [0.1, 0.15) is 26.3 Å². The van der Waals surface area contributed by atoms with Gasteiger partial charge in [0.05, 0.1) is 6.54 Å². The zero-order valence-electron chi connectivity index (χ0n) is 10.2. The molecule has 0 aliphatic rings. The van der Waals surface area contributed by atoms with Crippen LogP contribution in [0.3, 0.4) is 0 Å². The number of rotatable bonds is 2. The minimum Gasteiger partial charge on any atom is -0.443 e. The fraction of sp³-hybridized carbons (Fsp3) is 0.417. The molecule has 0 bridgehead atoms.